The maximum Gasteiger partial charge on any atom is 0.0872 e. The summed E-state index contributed by atoms with van der Waals surface area (Å²) in [5.74, 6) is 0.733. The number of aliphatic hydroxyl groups excluding tert-OH is 1. The molecule has 1 atom stereocenters. The Morgan fingerprint density at radius 2 is 1.38 bits per heavy atom. The highest BCUT2D eigenvalue weighted by Crippen LogP contribution is 2.57. The largest absolute Gasteiger partial charge is 0.504 e. The molecule has 0 radical (unpaired) electrons. The van der Waals surface area contributed by atoms with Crippen LogP contribution in [-0.4, -0.2) is 18.8 Å². The molecule has 2 heteroatoms. The fourth-order valence-electron chi connectivity index (χ4n) is 5.92. The van der Waals surface area contributed by atoms with Crippen LogP contribution in [0.3, 0.4) is 0 Å². The molecule has 0 aliphatic heterocycles. The normalized spacial score (nSPS) is 16.3. The molecular formula is C40H46O2. The van der Waals surface area contributed by atoms with Crippen LogP contribution in [-0.2, 0) is 10.2 Å². The van der Waals surface area contributed by atoms with Crippen molar-refractivity contribution in [3.8, 4) is 11.1 Å². The topological polar surface area (TPSA) is 29.5 Å². The first-order valence-corrected chi connectivity index (χ1v) is 15.0. The van der Waals surface area contributed by atoms with Gasteiger partial charge in [-0.1, -0.05) is 156 Å². The highest BCUT2D eigenvalue weighted by atomic mass is 16.5. The van der Waals surface area contributed by atoms with E-state index in [0.29, 0.717) is 11.8 Å². The summed E-state index contributed by atoms with van der Waals surface area (Å²) in [4.78, 5) is 0. The van der Waals surface area contributed by atoms with E-state index in [2.05, 4.69) is 151 Å². The third-order valence-corrected chi connectivity index (χ3v) is 9.01. The van der Waals surface area contributed by atoms with Gasteiger partial charge in [0.2, 0.25) is 0 Å². The van der Waals surface area contributed by atoms with Gasteiger partial charge in [0.05, 0.1) is 25.4 Å². The molecule has 4 rings (SSSR count). The number of aliphatic hydroxyl groups is 1. The van der Waals surface area contributed by atoms with Gasteiger partial charge in [0.25, 0.3) is 0 Å². The molecule has 0 saturated heterocycles. The lowest BCUT2D eigenvalue weighted by Crippen LogP contribution is -2.30. The predicted octanol–water partition coefficient (Wildman–Crippen LogP) is 9.95. The SMILES string of the molecule is CO/C=C(\C=C/C(C)(C)C(C)c1ccccc1)C1(C(/C=C\CO)=C/C=C(\C)C(C)C)c2ccccc2-c2ccccc21. The molecule has 2 nitrogen and oxygen atoms in total. The van der Waals surface area contributed by atoms with Crippen LogP contribution < -0.4 is 0 Å². The van der Waals surface area contributed by atoms with Gasteiger partial charge in [0, 0.05) is 5.57 Å². The van der Waals surface area contributed by atoms with Gasteiger partial charge in [-0.15, -0.1) is 0 Å². The van der Waals surface area contributed by atoms with Crippen LogP contribution in [0.5, 0.6) is 0 Å². The minimum absolute atomic E-state index is 0.0373. The molecule has 1 aliphatic carbocycles. The Bertz CT molecular complexity index is 1470. The van der Waals surface area contributed by atoms with E-state index in [9.17, 15) is 5.11 Å². The monoisotopic (exact) mass is 558 g/mol. The van der Waals surface area contributed by atoms with Crippen LogP contribution in [0, 0.1) is 11.3 Å². The van der Waals surface area contributed by atoms with Crippen LogP contribution in [0.4, 0.5) is 0 Å². The molecule has 0 amide bonds. The van der Waals surface area contributed by atoms with E-state index in [0.717, 1.165) is 11.1 Å². The Morgan fingerprint density at radius 3 is 1.93 bits per heavy atom. The van der Waals surface area contributed by atoms with E-state index in [1.54, 1.807) is 7.11 Å². The summed E-state index contributed by atoms with van der Waals surface area (Å²) in [6.45, 7) is 13.5. The lowest BCUT2D eigenvalue weighted by Gasteiger charge is -2.36. The Labute approximate surface area is 253 Å². The lowest BCUT2D eigenvalue weighted by molar-refractivity contribution is 0.331. The number of rotatable bonds is 11. The summed E-state index contributed by atoms with van der Waals surface area (Å²) >= 11 is 0. The smallest absolute Gasteiger partial charge is 0.0872 e. The molecule has 0 spiro atoms. The molecule has 3 aromatic carbocycles. The van der Waals surface area contributed by atoms with Crippen molar-refractivity contribution in [1.29, 1.82) is 0 Å². The predicted molar refractivity (Wildman–Crippen MR) is 178 cm³/mol. The Kier molecular flexibility index (Phi) is 9.91. The molecule has 0 aromatic heterocycles. The van der Waals surface area contributed by atoms with Crippen molar-refractivity contribution in [2.45, 2.75) is 52.9 Å². The van der Waals surface area contributed by atoms with Crippen molar-refractivity contribution in [2.75, 3.05) is 13.7 Å². The summed E-state index contributed by atoms with van der Waals surface area (Å²) in [6.07, 6.45) is 14.9. The van der Waals surface area contributed by atoms with Gasteiger partial charge in [-0.3, -0.25) is 0 Å². The zero-order chi connectivity index (χ0) is 30.3. The van der Waals surface area contributed by atoms with Crippen molar-refractivity contribution in [2.24, 2.45) is 11.3 Å². The number of fused-ring (bicyclic) bond motifs is 3. The number of methoxy groups -OCH3 is 1. The highest BCUT2D eigenvalue weighted by molar-refractivity contribution is 5.87. The van der Waals surface area contributed by atoms with Crippen molar-refractivity contribution >= 4 is 0 Å². The molecule has 1 unspecified atom stereocenters. The van der Waals surface area contributed by atoms with Crippen molar-refractivity contribution in [3.63, 3.8) is 0 Å². The average Bonchev–Trinajstić information content (AvgIpc) is 3.30. The summed E-state index contributed by atoms with van der Waals surface area (Å²) in [7, 11) is 1.72. The molecule has 218 valence electrons. The van der Waals surface area contributed by atoms with Gasteiger partial charge in [-0.25, -0.2) is 0 Å². The number of benzene rings is 3. The standard InChI is InChI=1S/C40H46O2/c1-29(2)30(3)23-24-33(18-15-27-41)40(37-21-13-11-19-35(37)36-20-12-14-22-38(36)40)34(28-42-7)25-26-39(5,6)31(4)32-16-9-8-10-17-32/h8-26,28-29,31,41H,27H2,1-7H3/b18-15-,26-25-,30-23+,33-24+,34-28+. The van der Waals surface area contributed by atoms with E-state index < -0.39 is 5.41 Å². The highest BCUT2D eigenvalue weighted by Gasteiger charge is 2.47. The summed E-state index contributed by atoms with van der Waals surface area (Å²) in [5.41, 5.74) is 8.80. The second-order valence-electron chi connectivity index (χ2n) is 12.2. The fourth-order valence-corrected chi connectivity index (χ4v) is 5.92. The van der Waals surface area contributed by atoms with Crippen LogP contribution >= 0.6 is 0 Å². The van der Waals surface area contributed by atoms with Crippen LogP contribution in [0.2, 0.25) is 0 Å². The third kappa shape index (κ3) is 6.01. The van der Waals surface area contributed by atoms with Gasteiger partial charge in [-0.2, -0.15) is 0 Å². The Morgan fingerprint density at radius 1 is 0.810 bits per heavy atom. The van der Waals surface area contributed by atoms with Crippen LogP contribution in [0.15, 0.2) is 138 Å². The Hall–Kier alpha value is -3.88. The summed E-state index contributed by atoms with van der Waals surface area (Å²) < 4.78 is 5.87. The van der Waals surface area contributed by atoms with Gasteiger partial charge in [0.15, 0.2) is 0 Å². The van der Waals surface area contributed by atoms with Crippen LogP contribution in [0.1, 0.15) is 64.2 Å². The van der Waals surface area contributed by atoms with E-state index in [-0.39, 0.29) is 12.0 Å². The van der Waals surface area contributed by atoms with Crippen molar-refractivity contribution in [1.82, 2.24) is 0 Å². The minimum Gasteiger partial charge on any atom is -0.504 e. The molecule has 1 aliphatic rings. The summed E-state index contributed by atoms with van der Waals surface area (Å²) in [6, 6.07) is 28.1. The van der Waals surface area contributed by atoms with E-state index >= 15 is 0 Å². The zero-order valence-electron chi connectivity index (χ0n) is 26.3. The van der Waals surface area contributed by atoms with Gasteiger partial charge < -0.3 is 9.84 Å². The van der Waals surface area contributed by atoms with Crippen molar-refractivity contribution in [3.05, 3.63) is 155 Å². The van der Waals surface area contributed by atoms with Gasteiger partial charge >= 0.3 is 0 Å². The van der Waals surface area contributed by atoms with E-state index in [1.165, 1.54) is 33.4 Å². The maximum atomic E-state index is 9.94. The first-order valence-electron chi connectivity index (χ1n) is 15.0. The molecule has 0 fully saturated rings. The molecule has 42 heavy (non-hydrogen) atoms. The second-order valence-corrected chi connectivity index (χ2v) is 12.2. The molecule has 1 N–H and O–H groups in total. The third-order valence-electron chi connectivity index (χ3n) is 9.01. The van der Waals surface area contributed by atoms with E-state index in [4.69, 9.17) is 4.74 Å². The average molecular weight is 559 g/mol. The number of hydrogen-bond acceptors (Lipinski definition) is 2. The maximum absolute atomic E-state index is 9.94. The summed E-state index contributed by atoms with van der Waals surface area (Å²) in [5, 5.41) is 9.94. The van der Waals surface area contributed by atoms with Crippen molar-refractivity contribution < 1.29 is 9.84 Å². The van der Waals surface area contributed by atoms with Gasteiger partial charge in [0.1, 0.15) is 0 Å². The molecule has 0 bridgehead atoms. The second kappa shape index (κ2) is 13.4. The molecule has 0 heterocycles. The number of allylic oxidation sites excluding steroid dienone is 8. The van der Waals surface area contributed by atoms with Gasteiger partial charge in [-0.05, 0) is 57.6 Å². The fraction of sp³-hybridized carbons (Fsp3) is 0.300. The first-order chi connectivity index (χ1) is 20.2. The minimum atomic E-state index is -0.648. The molecule has 0 saturated carbocycles. The van der Waals surface area contributed by atoms with Crippen LogP contribution in [0.25, 0.3) is 11.1 Å². The quantitative estimate of drug-likeness (QED) is 0.187. The Balaban J connectivity index is 2.03. The number of ether oxygens (including phenoxy) is 1. The zero-order valence-corrected chi connectivity index (χ0v) is 26.3. The number of hydrogen-bond donors (Lipinski definition) is 1. The molecular weight excluding hydrogens is 512 g/mol. The molecule has 3 aromatic rings. The first kappa shape index (κ1) is 31.1. The lowest BCUT2D eigenvalue weighted by atomic mass is 9.65. The van der Waals surface area contributed by atoms with E-state index in [1.807, 2.05) is 12.3 Å².